The highest BCUT2D eigenvalue weighted by Gasteiger charge is 2.61. The number of allylic oxidation sites excluding steroid dienone is 1. The van der Waals surface area contributed by atoms with Gasteiger partial charge >= 0.3 is 12.2 Å². The predicted octanol–water partition coefficient (Wildman–Crippen LogP) is 4.59. The zero-order chi connectivity index (χ0) is 40.3. The van der Waals surface area contributed by atoms with E-state index < -0.39 is 69.6 Å². The third-order valence-corrected chi connectivity index (χ3v) is 13.1. The van der Waals surface area contributed by atoms with Crippen LogP contribution in [0.2, 0.25) is 10.0 Å². The summed E-state index contributed by atoms with van der Waals surface area (Å²) in [6, 6.07) is 8.38. The van der Waals surface area contributed by atoms with Gasteiger partial charge in [0.25, 0.3) is 15.9 Å². The Kier molecular flexibility index (Phi) is 12.3. The number of ether oxygens (including phenoxy) is 3. The number of halogens is 2. The number of hydrogen-bond donors (Lipinski definition) is 3. The molecule has 0 aromatic heterocycles. The molecule has 0 radical (unpaired) electrons. The summed E-state index contributed by atoms with van der Waals surface area (Å²) in [7, 11) is -4.36. The van der Waals surface area contributed by atoms with E-state index in [0.29, 0.717) is 55.4 Å². The molecule has 1 saturated carbocycles. The molecule has 5 atom stereocenters. The Labute approximate surface area is 340 Å². The van der Waals surface area contributed by atoms with Gasteiger partial charge in [0.05, 0.1) is 31.2 Å². The van der Waals surface area contributed by atoms with Crippen molar-refractivity contribution in [2.45, 2.75) is 106 Å². The standard InChI is InChI=1S/C39H45Cl2N5O10S/c40-26-11-13-29(14-12-26)57(52,53)44-36(49)39-20-25(39)8-4-2-1-3-5-10-32(42-37(50)55-27-15-17-54-18-16-27)35(48)46-22-28(19-33(46)34(47)43-39)56-38(51)45-21-24-7-6-9-31(41)30(24)23-45/h4,6-9,11-14,25,27-28,32-33H,1-3,5,10,15-23H2,(H,42,50)(H,43,47)(H,44,49)/b8-4-/t25-,28-,32+,33+,39-/m1/s1. The minimum atomic E-state index is -4.36. The van der Waals surface area contributed by atoms with Crippen LogP contribution in [0.1, 0.15) is 68.9 Å². The summed E-state index contributed by atoms with van der Waals surface area (Å²) in [4.78, 5) is 72.0. The van der Waals surface area contributed by atoms with Gasteiger partial charge in [-0.3, -0.25) is 19.3 Å². The zero-order valence-electron chi connectivity index (χ0n) is 31.1. The van der Waals surface area contributed by atoms with Gasteiger partial charge in [-0.25, -0.2) is 22.7 Å². The van der Waals surface area contributed by atoms with E-state index in [4.69, 9.17) is 37.4 Å². The fourth-order valence-electron chi connectivity index (χ4n) is 7.90. The summed E-state index contributed by atoms with van der Waals surface area (Å²) in [6.45, 7) is 1.21. The molecule has 0 unspecified atom stereocenters. The topological polar surface area (TPSA) is 190 Å². The number of rotatable bonds is 6. The normalized spacial score (nSPS) is 27.4. The molecule has 1 aliphatic carbocycles. The Morgan fingerprint density at radius 3 is 2.46 bits per heavy atom. The summed E-state index contributed by atoms with van der Waals surface area (Å²) in [6.07, 6.45) is 4.90. The van der Waals surface area contributed by atoms with Crippen LogP contribution in [0.15, 0.2) is 59.5 Å². The number of carbonyl (C=O) groups is 5. The molecule has 3 N–H and O–H groups in total. The van der Waals surface area contributed by atoms with Gasteiger partial charge in [0.15, 0.2) is 0 Å². The molecule has 5 aliphatic rings. The van der Waals surface area contributed by atoms with Crippen LogP contribution in [0.5, 0.6) is 0 Å². The molecule has 4 heterocycles. The van der Waals surface area contributed by atoms with E-state index in [2.05, 4.69) is 15.4 Å². The first-order chi connectivity index (χ1) is 27.3. The largest absolute Gasteiger partial charge is 0.446 e. The summed E-state index contributed by atoms with van der Waals surface area (Å²) in [5.74, 6) is -2.80. The fourth-order valence-corrected chi connectivity index (χ4v) is 9.32. The maximum absolute atomic E-state index is 14.5. The van der Waals surface area contributed by atoms with Gasteiger partial charge in [-0.1, -0.05) is 60.3 Å². The Morgan fingerprint density at radius 2 is 1.70 bits per heavy atom. The van der Waals surface area contributed by atoms with Crippen molar-refractivity contribution in [3.8, 4) is 0 Å². The first-order valence-corrected chi connectivity index (χ1v) is 21.5. The molecule has 0 spiro atoms. The van der Waals surface area contributed by atoms with Gasteiger partial charge in [-0.05, 0) is 67.1 Å². The van der Waals surface area contributed by atoms with Gasteiger partial charge < -0.3 is 29.7 Å². The molecule has 4 aliphatic heterocycles. The van der Waals surface area contributed by atoms with Crippen molar-refractivity contribution in [3.05, 3.63) is 75.8 Å². The summed E-state index contributed by atoms with van der Waals surface area (Å²) in [5.41, 5.74) is 0.0352. The molecule has 5 amide bonds. The quantitative estimate of drug-likeness (QED) is 0.347. The Balaban J connectivity index is 1.13. The average Bonchev–Trinajstić information content (AvgIpc) is 3.46. The predicted molar refractivity (Wildman–Crippen MR) is 206 cm³/mol. The van der Waals surface area contributed by atoms with Crippen LogP contribution in [0.4, 0.5) is 9.59 Å². The third-order valence-electron chi connectivity index (χ3n) is 11.2. The summed E-state index contributed by atoms with van der Waals surface area (Å²) in [5, 5.41) is 6.36. The van der Waals surface area contributed by atoms with Crippen molar-refractivity contribution in [2.24, 2.45) is 5.92 Å². The van der Waals surface area contributed by atoms with Crippen LogP contribution >= 0.6 is 23.2 Å². The van der Waals surface area contributed by atoms with E-state index in [1.165, 1.54) is 34.1 Å². The highest BCUT2D eigenvalue weighted by Crippen LogP contribution is 2.46. The maximum atomic E-state index is 14.5. The van der Waals surface area contributed by atoms with Crippen LogP contribution in [-0.2, 0) is 51.7 Å². The number of fused-ring (bicyclic) bond motifs is 3. The Morgan fingerprint density at radius 1 is 0.930 bits per heavy atom. The smallest absolute Gasteiger partial charge is 0.410 e. The third kappa shape index (κ3) is 9.35. The van der Waals surface area contributed by atoms with Crippen molar-refractivity contribution in [2.75, 3.05) is 19.8 Å². The second kappa shape index (κ2) is 17.2. The van der Waals surface area contributed by atoms with Gasteiger partial charge in [-0.15, -0.1) is 0 Å². The first-order valence-electron chi connectivity index (χ1n) is 19.2. The fraction of sp³-hybridized carbons (Fsp3) is 0.513. The molecule has 0 bridgehead atoms. The number of sulfonamides is 1. The summed E-state index contributed by atoms with van der Waals surface area (Å²) >= 11 is 12.3. The molecule has 57 heavy (non-hydrogen) atoms. The van der Waals surface area contributed by atoms with E-state index in [1.807, 2.05) is 12.1 Å². The van der Waals surface area contributed by atoms with E-state index in [-0.39, 0.29) is 49.9 Å². The molecule has 2 aromatic rings. The number of nitrogens with one attached hydrogen (secondary N) is 3. The second-order valence-corrected chi connectivity index (χ2v) is 17.6. The van der Waals surface area contributed by atoms with E-state index >= 15 is 0 Å². The number of benzene rings is 2. The molecule has 7 rings (SSSR count). The van der Waals surface area contributed by atoms with Crippen molar-refractivity contribution in [3.63, 3.8) is 0 Å². The first kappa shape index (κ1) is 40.8. The van der Waals surface area contributed by atoms with E-state index in [0.717, 1.165) is 17.5 Å². The minimum Gasteiger partial charge on any atom is -0.446 e. The van der Waals surface area contributed by atoms with Crippen LogP contribution in [0.25, 0.3) is 0 Å². The number of carbonyl (C=O) groups excluding carboxylic acids is 5. The molecular weight excluding hydrogens is 801 g/mol. The van der Waals surface area contributed by atoms with Gasteiger partial charge in [0.1, 0.15) is 29.8 Å². The maximum Gasteiger partial charge on any atom is 0.410 e. The van der Waals surface area contributed by atoms with Crippen LogP contribution in [0, 0.1) is 5.92 Å². The van der Waals surface area contributed by atoms with Crippen molar-refractivity contribution >= 4 is 63.1 Å². The lowest BCUT2D eigenvalue weighted by Crippen LogP contribution is -2.58. The van der Waals surface area contributed by atoms with Crippen LogP contribution in [0.3, 0.4) is 0 Å². The minimum absolute atomic E-state index is 0.108. The van der Waals surface area contributed by atoms with Crippen molar-refractivity contribution in [1.29, 1.82) is 0 Å². The monoisotopic (exact) mass is 845 g/mol. The lowest BCUT2D eigenvalue weighted by Gasteiger charge is -2.30. The molecule has 3 fully saturated rings. The molecular formula is C39H45Cl2N5O10S. The van der Waals surface area contributed by atoms with Crippen molar-refractivity contribution < 1.29 is 46.6 Å². The highest BCUT2D eigenvalue weighted by molar-refractivity contribution is 7.90. The molecule has 2 aromatic carbocycles. The zero-order valence-corrected chi connectivity index (χ0v) is 33.5. The SMILES string of the molecule is O=C(N[C@H]1CCCCC/C=C\[C@@H]2C[C@@]2(C(=O)NS(=O)(=O)c2ccc(Cl)cc2)NC(=O)[C@@H]2C[C@@H](OC(=O)N3Cc4cccc(Cl)c4C3)CN2C1=O)OC1CCOCC1. The lowest BCUT2D eigenvalue weighted by molar-refractivity contribution is -0.141. The van der Waals surface area contributed by atoms with Crippen molar-refractivity contribution in [1.82, 2.24) is 25.2 Å². The Bertz CT molecular complexity index is 2030. The number of alkyl carbamates (subject to hydrolysis) is 1. The lowest BCUT2D eigenvalue weighted by atomic mass is 10.0. The molecule has 2 saturated heterocycles. The van der Waals surface area contributed by atoms with Gasteiger partial charge in [-0.2, -0.15) is 0 Å². The second-order valence-electron chi connectivity index (χ2n) is 15.1. The van der Waals surface area contributed by atoms with Gasteiger partial charge in [0, 0.05) is 41.8 Å². The molecule has 306 valence electrons. The van der Waals surface area contributed by atoms with Gasteiger partial charge in [0.2, 0.25) is 11.8 Å². The Hall–Kier alpha value is -4.38. The van der Waals surface area contributed by atoms with Crippen LogP contribution < -0.4 is 15.4 Å². The number of amides is 5. The van der Waals surface area contributed by atoms with Crippen LogP contribution in [-0.4, -0.2) is 97.7 Å². The van der Waals surface area contributed by atoms with E-state index in [1.54, 1.807) is 18.2 Å². The average molecular weight is 847 g/mol. The molecule has 15 nitrogen and oxygen atoms in total. The highest BCUT2D eigenvalue weighted by atomic mass is 35.5. The molecule has 18 heteroatoms. The number of hydrogen-bond acceptors (Lipinski definition) is 10. The van der Waals surface area contributed by atoms with E-state index in [9.17, 15) is 32.4 Å². The summed E-state index contributed by atoms with van der Waals surface area (Å²) < 4.78 is 45.6. The number of nitrogens with zero attached hydrogens (tertiary/aromatic N) is 2.